The second-order valence-corrected chi connectivity index (χ2v) is 17.2. The van der Waals surface area contributed by atoms with Gasteiger partial charge in [-0.25, -0.2) is 0 Å². The van der Waals surface area contributed by atoms with Crippen molar-refractivity contribution in [2.24, 2.45) is 38.4 Å². The molecule has 8 bridgehead atoms. The summed E-state index contributed by atoms with van der Waals surface area (Å²) < 4.78 is 1.26. The molecule has 0 spiro atoms. The van der Waals surface area contributed by atoms with Crippen LogP contribution >= 0.6 is 15.9 Å². The maximum absolute atomic E-state index is 3.80. The normalized spacial score (nSPS) is 52.3. The molecule has 8 aliphatic carbocycles. The van der Waals surface area contributed by atoms with Crippen LogP contribution in [0.3, 0.4) is 0 Å². The molecule has 0 amide bonds. The first-order valence-electron chi connectivity index (χ1n) is 15.8. The van der Waals surface area contributed by atoms with Gasteiger partial charge in [0.05, 0.1) is 0 Å². The standard InChI is InChI=1S/C35H51Br/c1-6-29-13-26-14-30(7-2,16-29)21-34(15-26,20-29)35-22-31(8-3)17-32(9-4,23-35)19-33(18-31,24-35)28-11-10-27(36)12-25(28)5/h10-12,26H,6-9,13-24H2,1-5H3. The van der Waals surface area contributed by atoms with Crippen LogP contribution < -0.4 is 0 Å². The van der Waals surface area contributed by atoms with Crippen LogP contribution in [0, 0.1) is 45.3 Å². The van der Waals surface area contributed by atoms with E-state index in [1.807, 2.05) is 0 Å². The largest absolute Gasteiger partial charge is 0.0649 e. The predicted octanol–water partition coefficient (Wildman–Crippen LogP) is 10.9. The summed E-state index contributed by atoms with van der Waals surface area (Å²) in [5.41, 5.74) is 7.38. The molecule has 8 saturated carbocycles. The van der Waals surface area contributed by atoms with Crippen LogP contribution in [-0.2, 0) is 5.41 Å². The Kier molecular flexibility index (Phi) is 5.12. The topological polar surface area (TPSA) is 0 Å². The lowest BCUT2D eigenvalue weighted by atomic mass is 9.25. The first-order valence-corrected chi connectivity index (χ1v) is 16.6. The van der Waals surface area contributed by atoms with Crippen molar-refractivity contribution in [1.82, 2.24) is 0 Å². The van der Waals surface area contributed by atoms with Crippen LogP contribution in [0.15, 0.2) is 22.7 Å². The summed E-state index contributed by atoms with van der Waals surface area (Å²) in [4.78, 5) is 0. The van der Waals surface area contributed by atoms with Crippen molar-refractivity contribution in [2.75, 3.05) is 0 Å². The second-order valence-electron chi connectivity index (χ2n) is 16.3. The molecule has 198 valence electrons. The Morgan fingerprint density at radius 1 is 0.639 bits per heavy atom. The van der Waals surface area contributed by atoms with E-state index in [1.165, 1.54) is 55.8 Å². The Morgan fingerprint density at radius 3 is 1.69 bits per heavy atom. The van der Waals surface area contributed by atoms with Gasteiger partial charge in [-0.05, 0) is 151 Å². The van der Waals surface area contributed by atoms with E-state index in [2.05, 4.69) is 68.7 Å². The SMILES string of the molecule is CCC12CC3CC(CC)(C1)CC(C14CC5(CC)CC(CC)(CC(c6ccc(Br)cc6C)(C5)C1)C4)(C3)C2. The van der Waals surface area contributed by atoms with Crippen molar-refractivity contribution in [3.8, 4) is 0 Å². The molecule has 1 heteroatoms. The lowest BCUT2D eigenvalue weighted by Gasteiger charge is -2.79. The number of halogens is 1. The van der Waals surface area contributed by atoms with Crippen LogP contribution in [0.25, 0.3) is 0 Å². The highest BCUT2D eigenvalue weighted by atomic mass is 79.9. The first-order chi connectivity index (χ1) is 17.1. The van der Waals surface area contributed by atoms with E-state index in [0.717, 1.165) is 5.92 Å². The monoisotopic (exact) mass is 550 g/mol. The Balaban J connectivity index is 1.43. The Labute approximate surface area is 230 Å². The molecule has 1 aromatic carbocycles. The summed E-state index contributed by atoms with van der Waals surface area (Å²) in [5, 5.41) is 0. The zero-order chi connectivity index (χ0) is 25.2. The van der Waals surface area contributed by atoms with Crippen molar-refractivity contribution in [2.45, 2.75) is 143 Å². The van der Waals surface area contributed by atoms with E-state index in [-0.39, 0.29) is 0 Å². The molecule has 8 fully saturated rings. The minimum atomic E-state index is 0.410. The quantitative estimate of drug-likeness (QED) is 0.330. The van der Waals surface area contributed by atoms with E-state index in [1.54, 1.807) is 62.5 Å². The molecule has 8 aliphatic rings. The highest BCUT2D eigenvalue weighted by Crippen LogP contribution is 2.85. The minimum absolute atomic E-state index is 0.410. The van der Waals surface area contributed by atoms with Crippen LogP contribution in [0.2, 0.25) is 0 Å². The third kappa shape index (κ3) is 3.05. The Bertz CT molecular complexity index is 1040. The van der Waals surface area contributed by atoms with Crippen LogP contribution in [0.1, 0.15) is 142 Å². The Hall–Kier alpha value is -0.300. The van der Waals surface area contributed by atoms with Gasteiger partial charge in [-0.3, -0.25) is 0 Å². The molecule has 0 aromatic heterocycles. The third-order valence-corrected chi connectivity index (χ3v) is 15.0. The molecule has 0 N–H and O–H groups in total. The number of aryl methyl sites for hydroxylation is 1. The number of hydrogen-bond donors (Lipinski definition) is 0. The van der Waals surface area contributed by atoms with Gasteiger partial charge in [-0.15, -0.1) is 0 Å². The van der Waals surface area contributed by atoms with Gasteiger partial charge in [0, 0.05) is 4.47 Å². The molecule has 4 atom stereocenters. The molecular formula is C35H51Br. The van der Waals surface area contributed by atoms with Gasteiger partial charge in [0.25, 0.3) is 0 Å². The fraction of sp³-hybridized carbons (Fsp3) is 0.829. The molecule has 9 rings (SSSR count). The lowest BCUT2D eigenvalue weighted by Crippen LogP contribution is -2.70. The fourth-order valence-corrected chi connectivity index (χ4v) is 14.6. The summed E-state index contributed by atoms with van der Waals surface area (Å²) in [6, 6.07) is 7.36. The summed E-state index contributed by atoms with van der Waals surface area (Å²) in [6.07, 6.45) is 24.3. The average Bonchev–Trinajstić information content (AvgIpc) is 2.82. The minimum Gasteiger partial charge on any atom is -0.0649 e. The van der Waals surface area contributed by atoms with E-state index in [0.29, 0.717) is 37.9 Å². The van der Waals surface area contributed by atoms with Gasteiger partial charge in [-0.1, -0.05) is 75.4 Å². The molecule has 0 heterocycles. The number of rotatable bonds is 6. The lowest BCUT2D eigenvalue weighted by molar-refractivity contribution is -0.281. The summed E-state index contributed by atoms with van der Waals surface area (Å²) in [5.74, 6) is 1.02. The molecule has 0 radical (unpaired) electrons. The highest BCUT2D eigenvalue weighted by Gasteiger charge is 2.75. The molecule has 4 unspecified atom stereocenters. The van der Waals surface area contributed by atoms with Crippen LogP contribution in [-0.4, -0.2) is 0 Å². The van der Waals surface area contributed by atoms with Crippen molar-refractivity contribution >= 4 is 15.9 Å². The first kappa shape index (κ1) is 24.7. The van der Waals surface area contributed by atoms with E-state index in [9.17, 15) is 0 Å². The van der Waals surface area contributed by atoms with Gasteiger partial charge < -0.3 is 0 Å². The van der Waals surface area contributed by atoms with Gasteiger partial charge >= 0.3 is 0 Å². The van der Waals surface area contributed by atoms with Crippen molar-refractivity contribution < 1.29 is 0 Å². The van der Waals surface area contributed by atoms with Crippen molar-refractivity contribution in [3.63, 3.8) is 0 Å². The highest BCUT2D eigenvalue weighted by molar-refractivity contribution is 9.10. The number of benzene rings is 1. The Morgan fingerprint density at radius 2 is 1.17 bits per heavy atom. The smallest absolute Gasteiger partial charge is 0.0178 e. The summed E-state index contributed by atoms with van der Waals surface area (Å²) >= 11 is 3.80. The molecule has 36 heavy (non-hydrogen) atoms. The van der Waals surface area contributed by atoms with Gasteiger partial charge in [0.2, 0.25) is 0 Å². The molecule has 0 nitrogen and oxygen atoms in total. The predicted molar refractivity (Wildman–Crippen MR) is 155 cm³/mol. The van der Waals surface area contributed by atoms with Gasteiger partial charge in [-0.2, -0.15) is 0 Å². The molecule has 1 aromatic rings. The fourth-order valence-electron chi connectivity index (χ4n) is 14.1. The van der Waals surface area contributed by atoms with Gasteiger partial charge in [0.15, 0.2) is 0 Å². The zero-order valence-electron chi connectivity index (χ0n) is 24.0. The summed E-state index contributed by atoms with van der Waals surface area (Å²) in [7, 11) is 0. The summed E-state index contributed by atoms with van der Waals surface area (Å²) in [6.45, 7) is 12.7. The van der Waals surface area contributed by atoms with Crippen LogP contribution in [0.4, 0.5) is 0 Å². The molecule has 0 aliphatic heterocycles. The van der Waals surface area contributed by atoms with E-state index >= 15 is 0 Å². The third-order valence-electron chi connectivity index (χ3n) is 14.5. The second kappa shape index (κ2) is 7.46. The average molecular weight is 552 g/mol. The van der Waals surface area contributed by atoms with Crippen molar-refractivity contribution in [1.29, 1.82) is 0 Å². The van der Waals surface area contributed by atoms with E-state index in [4.69, 9.17) is 0 Å². The van der Waals surface area contributed by atoms with Crippen LogP contribution in [0.5, 0.6) is 0 Å². The van der Waals surface area contributed by atoms with Gasteiger partial charge in [0.1, 0.15) is 0 Å². The molecular weight excluding hydrogens is 500 g/mol. The zero-order valence-corrected chi connectivity index (χ0v) is 25.6. The maximum Gasteiger partial charge on any atom is 0.0178 e. The van der Waals surface area contributed by atoms with E-state index < -0.39 is 0 Å². The number of hydrogen-bond acceptors (Lipinski definition) is 0. The van der Waals surface area contributed by atoms with Crippen molar-refractivity contribution in [3.05, 3.63) is 33.8 Å². The maximum atomic E-state index is 3.80. The molecule has 0 saturated heterocycles.